The van der Waals surface area contributed by atoms with Crippen LogP contribution in [0.2, 0.25) is 0 Å². The van der Waals surface area contributed by atoms with Gasteiger partial charge in [0.05, 0.1) is 23.8 Å². The molecule has 2 heterocycles. The molecule has 2 aliphatic heterocycles. The number of hydrogen-bond acceptors (Lipinski definition) is 6. The topological polar surface area (TPSA) is 83.1 Å². The minimum atomic E-state index is -3.76. The summed E-state index contributed by atoms with van der Waals surface area (Å²) < 4.78 is 49.8. The molecule has 0 aliphatic carbocycles. The van der Waals surface area contributed by atoms with E-state index in [0.717, 1.165) is 6.42 Å². The van der Waals surface area contributed by atoms with Crippen molar-refractivity contribution in [3.8, 4) is 23.0 Å². The molecule has 0 fully saturated rings. The monoisotopic (exact) mass is 363 g/mol. The Bertz CT molecular complexity index is 896. The molecule has 2 aromatic rings. The first-order chi connectivity index (χ1) is 12.1. The summed E-state index contributed by atoms with van der Waals surface area (Å²) in [6, 6.07) is 9.50. The predicted octanol–water partition coefficient (Wildman–Crippen LogP) is 2.42. The highest BCUT2D eigenvalue weighted by atomic mass is 32.2. The van der Waals surface area contributed by atoms with Crippen LogP contribution >= 0.6 is 0 Å². The van der Waals surface area contributed by atoms with Crippen LogP contribution in [0.1, 0.15) is 6.42 Å². The van der Waals surface area contributed by atoms with Gasteiger partial charge in [-0.05, 0) is 24.3 Å². The molecule has 0 bridgehead atoms. The van der Waals surface area contributed by atoms with E-state index in [9.17, 15) is 8.42 Å². The van der Waals surface area contributed by atoms with E-state index in [1.54, 1.807) is 24.3 Å². The number of fused-ring (bicyclic) bond motifs is 2. The number of rotatable bonds is 3. The molecule has 25 heavy (non-hydrogen) atoms. The number of ether oxygens (including phenoxy) is 4. The Balaban J connectivity index is 1.60. The molecular formula is C17H17NO6S. The third-order valence-corrected chi connectivity index (χ3v) is 5.20. The maximum Gasteiger partial charge on any atom is 0.262 e. The van der Waals surface area contributed by atoms with Gasteiger partial charge in [0.2, 0.25) is 0 Å². The van der Waals surface area contributed by atoms with Gasteiger partial charge < -0.3 is 18.9 Å². The summed E-state index contributed by atoms with van der Waals surface area (Å²) in [6.45, 7) is 1.96. The third-order valence-electron chi connectivity index (χ3n) is 3.82. The molecule has 0 amide bonds. The van der Waals surface area contributed by atoms with Gasteiger partial charge in [-0.3, -0.25) is 4.72 Å². The zero-order valence-corrected chi connectivity index (χ0v) is 14.2. The first-order valence-corrected chi connectivity index (χ1v) is 9.42. The van der Waals surface area contributed by atoms with Gasteiger partial charge in [0.1, 0.15) is 13.2 Å². The quantitative estimate of drug-likeness (QED) is 0.902. The lowest BCUT2D eigenvalue weighted by Crippen LogP contribution is -2.17. The SMILES string of the molecule is O=S(=O)(Nc1ccc2c(c1)OCCCO2)c1ccc2c(c1)OCCO2. The van der Waals surface area contributed by atoms with Crippen molar-refractivity contribution in [1.82, 2.24) is 0 Å². The van der Waals surface area contributed by atoms with Crippen molar-refractivity contribution < 1.29 is 27.4 Å². The number of sulfonamides is 1. The molecule has 0 radical (unpaired) electrons. The van der Waals surface area contributed by atoms with Crippen molar-refractivity contribution in [2.75, 3.05) is 31.1 Å². The summed E-state index contributed by atoms with van der Waals surface area (Å²) in [7, 11) is -3.76. The molecule has 132 valence electrons. The van der Waals surface area contributed by atoms with Crippen LogP contribution in [0.3, 0.4) is 0 Å². The first kappa shape index (κ1) is 15.9. The van der Waals surface area contributed by atoms with Crippen LogP contribution in [0.5, 0.6) is 23.0 Å². The highest BCUT2D eigenvalue weighted by Crippen LogP contribution is 2.35. The summed E-state index contributed by atoms with van der Waals surface area (Å²) in [5, 5.41) is 0. The van der Waals surface area contributed by atoms with E-state index in [1.807, 2.05) is 0 Å². The molecule has 0 spiro atoms. The number of nitrogens with one attached hydrogen (secondary N) is 1. The Morgan fingerprint density at radius 3 is 2.12 bits per heavy atom. The smallest absolute Gasteiger partial charge is 0.262 e. The van der Waals surface area contributed by atoms with Crippen LogP contribution in [-0.4, -0.2) is 34.8 Å². The summed E-state index contributed by atoms with van der Waals surface area (Å²) >= 11 is 0. The van der Waals surface area contributed by atoms with E-state index in [-0.39, 0.29) is 4.90 Å². The Labute approximate surface area is 145 Å². The average Bonchev–Trinajstić information content (AvgIpc) is 2.86. The molecule has 0 atom stereocenters. The number of anilines is 1. The minimum absolute atomic E-state index is 0.101. The van der Waals surface area contributed by atoms with Crippen molar-refractivity contribution in [1.29, 1.82) is 0 Å². The second-order valence-corrected chi connectivity index (χ2v) is 7.31. The average molecular weight is 363 g/mol. The Morgan fingerprint density at radius 1 is 0.720 bits per heavy atom. The largest absolute Gasteiger partial charge is 0.490 e. The van der Waals surface area contributed by atoms with Gasteiger partial charge in [-0.2, -0.15) is 0 Å². The van der Waals surface area contributed by atoms with E-state index in [1.165, 1.54) is 12.1 Å². The molecule has 2 aliphatic rings. The molecule has 0 aromatic heterocycles. The lowest BCUT2D eigenvalue weighted by Gasteiger charge is -2.19. The Morgan fingerprint density at radius 2 is 1.32 bits per heavy atom. The first-order valence-electron chi connectivity index (χ1n) is 7.94. The summed E-state index contributed by atoms with van der Waals surface area (Å²) in [6.07, 6.45) is 0.785. The predicted molar refractivity (Wildman–Crippen MR) is 90.3 cm³/mol. The Kier molecular flexibility index (Phi) is 4.04. The molecule has 4 rings (SSSR count). The molecular weight excluding hydrogens is 346 g/mol. The van der Waals surface area contributed by atoms with Gasteiger partial charge in [-0.15, -0.1) is 0 Å². The maximum absolute atomic E-state index is 12.6. The van der Waals surface area contributed by atoms with Gasteiger partial charge in [-0.25, -0.2) is 8.42 Å². The zero-order valence-electron chi connectivity index (χ0n) is 13.4. The zero-order chi connectivity index (χ0) is 17.3. The van der Waals surface area contributed by atoms with Gasteiger partial charge in [0.15, 0.2) is 23.0 Å². The lowest BCUT2D eigenvalue weighted by molar-refractivity contribution is 0.171. The van der Waals surface area contributed by atoms with Gasteiger partial charge in [0, 0.05) is 18.6 Å². The highest BCUT2D eigenvalue weighted by Gasteiger charge is 2.20. The lowest BCUT2D eigenvalue weighted by atomic mass is 10.3. The summed E-state index contributed by atoms with van der Waals surface area (Å²) in [4.78, 5) is 0.101. The fourth-order valence-corrected chi connectivity index (χ4v) is 3.70. The van der Waals surface area contributed by atoms with E-state index in [4.69, 9.17) is 18.9 Å². The highest BCUT2D eigenvalue weighted by molar-refractivity contribution is 7.92. The van der Waals surface area contributed by atoms with E-state index in [0.29, 0.717) is 55.1 Å². The normalized spacial score (nSPS) is 16.0. The van der Waals surface area contributed by atoms with Crippen LogP contribution < -0.4 is 23.7 Å². The molecule has 1 N–H and O–H groups in total. The van der Waals surface area contributed by atoms with E-state index >= 15 is 0 Å². The van der Waals surface area contributed by atoms with Gasteiger partial charge in [-0.1, -0.05) is 0 Å². The van der Waals surface area contributed by atoms with Crippen molar-refractivity contribution >= 4 is 15.7 Å². The number of hydrogen-bond donors (Lipinski definition) is 1. The fraction of sp³-hybridized carbons (Fsp3) is 0.294. The van der Waals surface area contributed by atoms with Crippen molar-refractivity contribution in [3.05, 3.63) is 36.4 Å². The molecule has 0 saturated carbocycles. The molecule has 0 saturated heterocycles. The van der Waals surface area contributed by atoms with Crippen molar-refractivity contribution in [2.24, 2.45) is 0 Å². The van der Waals surface area contributed by atoms with Crippen LogP contribution in [0.15, 0.2) is 41.3 Å². The van der Waals surface area contributed by atoms with Crippen LogP contribution in [-0.2, 0) is 10.0 Å². The molecule has 7 nitrogen and oxygen atoms in total. The molecule has 8 heteroatoms. The standard InChI is InChI=1S/C17H17NO6S/c19-25(20,13-3-5-15-17(11-13)24-9-8-23-15)18-12-2-4-14-16(10-12)22-7-1-6-21-14/h2-5,10-11,18H,1,6-9H2. The fourth-order valence-electron chi connectivity index (χ4n) is 2.63. The van der Waals surface area contributed by atoms with Crippen LogP contribution in [0, 0.1) is 0 Å². The minimum Gasteiger partial charge on any atom is -0.490 e. The third kappa shape index (κ3) is 3.30. The van der Waals surface area contributed by atoms with Crippen molar-refractivity contribution in [2.45, 2.75) is 11.3 Å². The second kappa shape index (κ2) is 6.36. The maximum atomic E-state index is 12.6. The Hall–Kier alpha value is -2.61. The summed E-state index contributed by atoms with van der Waals surface area (Å²) in [5.74, 6) is 2.10. The van der Waals surface area contributed by atoms with Gasteiger partial charge >= 0.3 is 0 Å². The number of benzene rings is 2. The van der Waals surface area contributed by atoms with E-state index < -0.39 is 10.0 Å². The second-order valence-electron chi connectivity index (χ2n) is 5.62. The van der Waals surface area contributed by atoms with Gasteiger partial charge in [0.25, 0.3) is 10.0 Å². The van der Waals surface area contributed by atoms with Crippen LogP contribution in [0.25, 0.3) is 0 Å². The molecule has 0 unspecified atom stereocenters. The summed E-state index contributed by atoms with van der Waals surface area (Å²) in [5.41, 5.74) is 0.402. The van der Waals surface area contributed by atoms with E-state index in [2.05, 4.69) is 4.72 Å². The van der Waals surface area contributed by atoms with Crippen LogP contribution in [0.4, 0.5) is 5.69 Å². The molecule has 2 aromatic carbocycles. The van der Waals surface area contributed by atoms with Crippen molar-refractivity contribution in [3.63, 3.8) is 0 Å².